The van der Waals surface area contributed by atoms with E-state index in [1.807, 2.05) is 36.5 Å². The van der Waals surface area contributed by atoms with Gasteiger partial charge in [0.05, 0.1) is 22.4 Å². The summed E-state index contributed by atoms with van der Waals surface area (Å²) < 4.78 is 8.83. The first kappa shape index (κ1) is 34.1. The molecule has 264 valence electrons. The second-order valence-electron chi connectivity index (χ2n) is 15.5. The molecule has 8 rings (SSSR count). The van der Waals surface area contributed by atoms with Gasteiger partial charge in [0, 0.05) is 40.2 Å². The van der Waals surface area contributed by atoms with Crippen molar-refractivity contribution in [2.75, 3.05) is 0 Å². The smallest absolute Gasteiger partial charge is 0.219 e. The van der Waals surface area contributed by atoms with Crippen molar-refractivity contribution in [3.05, 3.63) is 144 Å². The zero-order valence-corrected chi connectivity index (χ0v) is 31.5. The van der Waals surface area contributed by atoms with E-state index in [0.29, 0.717) is 23.5 Å². The fraction of sp³-hybridized carbons (Fsp3) is 0.213. The minimum Gasteiger partial charge on any atom is -0.439 e. The topological polar surface area (TPSA) is 68.6 Å². The van der Waals surface area contributed by atoms with Crippen molar-refractivity contribution in [2.24, 2.45) is 0 Å². The Balaban J connectivity index is 1.25. The summed E-state index contributed by atoms with van der Waals surface area (Å²) in [7, 11) is 0. The minimum absolute atomic E-state index is 0.00892. The molecule has 0 bridgehead atoms. The average molecular weight is 696 g/mol. The predicted molar refractivity (Wildman–Crippen MR) is 218 cm³/mol. The largest absolute Gasteiger partial charge is 0.439 e. The second kappa shape index (κ2) is 13.5. The van der Waals surface area contributed by atoms with Crippen LogP contribution < -0.4 is 4.74 Å². The molecule has 0 amide bonds. The van der Waals surface area contributed by atoms with Gasteiger partial charge in [0.2, 0.25) is 5.88 Å². The van der Waals surface area contributed by atoms with Crippen molar-refractivity contribution in [3.8, 4) is 51.2 Å². The number of para-hydroxylation sites is 1. The molecule has 0 aliphatic rings. The standard InChI is InChI=1S/C47H45N5O/c1-29(2)34-18-13-19-35(30(3)4)43(34)44-45(31-15-9-8-10-16-31)50-51-46(44)38-20-14-22-42(49-38)53-33-23-24-37-36-17-11-12-21-39(36)52(40(37)28-33)41-27-32(25-26-48-41)47(5,6)7/h8-30H,1-7H3,(H,50,51). The van der Waals surface area contributed by atoms with Crippen LogP contribution in [0.3, 0.4) is 0 Å². The fourth-order valence-corrected chi connectivity index (χ4v) is 7.41. The summed E-state index contributed by atoms with van der Waals surface area (Å²) in [5, 5.41) is 10.7. The van der Waals surface area contributed by atoms with Gasteiger partial charge in [0.15, 0.2) is 0 Å². The van der Waals surface area contributed by atoms with E-state index in [1.165, 1.54) is 27.6 Å². The highest BCUT2D eigenvalue weighted by Crippen LogP contribution is 2.45. The predicted octanol–water partition coefficient (Wildman–Crippen LogP) is 12.6. The summed E-state index contributed by atoms with van der Waals surface area (Å²) in [6.45, 7) is 15.7. The third-order valence-corrected chi connectivity index (χ3v) is 10.1. The molecule has 0 saturated heterocycles. The molecule has 4 heterocycles. The van der Waals surface area contributed by atoms with Gasteiger partial charge in [0.1, 0.15) is 17.3 Å². The Morgan fingerprint density at radius 2 is 1.36 bits per heavy atom. The number of H-pyrrole nitrogens is 1. The van der Waals surface area contributed by atoms with Crippen LogP contribution in [0.2, 0.25) is 0 Å². The zero-order valence-electron chi connectivity index (χ0n) is 31.5. The highest BCUT2D eigenvalue weighted by atomic mass is 16.5. The summed E-state index contributed by atoms with van der Waals surface area (Å²) in [4.78, 5) is 9.96. The lowest BCUT2D eigenvalue weighted by molar-refractivity contribution is 0.464. The number of aromatic amines is 1. The maximum Gasteiger partial charge on any atom is 0.219 e. The van der Waals surface area contributed by atoms with Gasteiger partial charge >= 0.3 is 0 Å². The van der Waals surface area contributed by atoms with E-state index in [0.717, 1.165) is 50.4 Å². The van der Waals surface area contributed by atoms with Crippen LogP contribution in [0.25, 0.3) is 61.4 Å². The zero-order chi connectivity index (χ0) is 36.9. The molecule has 0 spiro atoms. The number of ether oxygens (including phenoxy) is 1. The van der Waals surface area contributed by atoms with Crippen LogP contribution in [0.1, 0.15) is 77.0 Å². The molecule has 0 unspecified atom stereocenters. The van der Waals surface area contributed by atoms with E-state index in [9.17, 15) is 0 Å². The molecule has 0 saturated carbocycles. The van der Waals surface area contributed by atoms with Gasteiger partial charge in [0.25, 0.3) is 0 Å². The van der Waals surface area contributed by atoms with Crippen molar-refractivity contribution in [1.82, 2.24) is 24.7 Å². The quantitative estimate of drug-likeness (QED) is 0.172. The van der Waals surface area contributed by atoms with E-state index >= 15 is 0 Å². The molecule has 6 heteroatoms. The van der Waals surface area contributed by atoms with Crippen LogP contribution in [0.5, 0.6) is 11.6 Å². The first-order chi connectivity index (χ1) is 25.6. The summed E-state index contributed by atoms with van der Waals surface area (Å²) in [6.07, 6.45) is 1.91. The highest BCUT2D eigenvalue weighted by molar-refractivity contribution is 6.09. The molecular formula is C47H45N5O. The first-order valence-corrected chi connectivity index (χ1v) is 18.5. The van der Waals surface area contributed by atoms with Gasteiger partial charge in [-0.3, -0.25) is 9.67 Å². The van der Waals surface area contributed by atoms with Crippen molar-refractivity contribution >= 4 is 21.8 Å². The molecule has 0 aliphatic carbocycles. The van der Waals surface area contributed by atoms with Crippen molar-refractivity contribution < 1.29 is 4.74 Å². The lowest BCUT2D eigenvalue weighted by Gasteiger charge is -2.21. The normalized spacial score (nSPS) is 12.0. The summed E-state index contributed by atoms with van der Waals surface area (Å²) in [5.41, 5.74) is 11.8. The SMILES string of the molecule is CC(C)c1cccc(C(C)C)c1-c1c(-c2ccccc2)n[nH]c1-c1cccc(Oc2ccc3c4ccccc4n(-c4cc(C(C)(C)C)ccn4)c3c2)n1. The van der Waals surface area contributed by atoms with Crippen LogP contribution in [0.15, 0.2) is 128 Å². The summed E-state index contributed by atoms with van der Waals surface area (Å²) in [6, 6.07) is 42.0. The van der Waals surface area contributed by atoms with E-state index in [-0.39, 0.29) is 5.41 Å². The Bertz CT molecular complexity index is 2560. The van der Waals surface area contributed by atoms with Crippen LogP contribution in [0, 0.1) is 0 Å². The Labute approximate surface area is 311 Å². The molecule has 4 aromatic heterocycles. The Kier molecular flexibility index (Phi) is 8.70. The average Bonchev–Trinajstić information content (AvgIpc) is 3.74. The maximum absolute atomic E-state index is 6.60. The lowest BCUT2D eigenvalue weighted by atomic mass is 9.83. The number of nitrogens with one attached hydrogen (secondary N) is 1. The molecule has 8 aromatic rings. The van der Waals surface area contributed by atoms with Crippen LogP contribution in [0.4, 0.5) is 0 Å². The number of rotatable bonds is 8. The van der Waals surface area contributed by atoms with Crippen molar-refractivity contribution in [2.45, 2.75) is 65.7 Å². The van der Waals surface area contributed by atoms with E-state index in [4.69, 9.17) is 19.8 Å². The number of hydrogen-bond acceptors (Lipinski definition) is 4. The molecule has 1 N–H and O–H groups in total. The summed E-state index contributed by atoms with van der Waals surface area (Å²) in [5.74, 6) is 2.70. The van der Waals surface area contributed by atoms with E-state index < -0.39 is 0 Å². The van der Waals surface area contributed by atoms with Gasteiger partial charge in [-0.1, -0.05) is 121 Å². The summed E-state index contributed by atoms with van der Waals surface area (Å²) >= 11 is 0. The highest BCUT2D eigenvalue weighted by Gasteiger charge is 2.26. The van der Waals surface area contributed by atoms with Gasteiger partial charge in [-0.2, -0.15) is 5.10 Å². The Morgan fingerprint density at radius 3 is 2.09 bits per heavy atom. The molecule has 53 heavy (non-hydrogen) atoms. The second-order valence-corrected chi connectivity index (χ2v) is 15.5. The monoisotopic (exact) mass is 695 g/mol. The lowest BCUT2D eigenvalue weighted by Crippen LogP contribution is -2.12. The van der Waals surface area contributed by atoms with E-state index in [2.05, 4.69) is 149 Å². The Morgan fingerprint density at radius 1 is 0.660 bits per heavy atom. The molecule has 6 nitrogen and oxygen atoms in total. The molecule has 0 radical (unpaired) electrons. The van der Waals surface area contributed by atoms with Gasteiger partial charge in [-0.25, -0.2) is 9.97 Å². The van der Waals surface area contributed by atoms with E-state index in [1.54, 1.807) is 0 Å². The number of hydrogen-bond donors (Lipinski definition) is 1. The van der Waals surface area contributed by atoms with Crippen LogP contribution in [-0.2, 0) is 5.41 Å². The molecule has 0 fully saturated rings. The fourth-order valence-electron chi connectivity index (χ4n) is 7.41. The first-order valence-electron chi connectivity index (χ1n) is 18.5. The van der Waals surface area contributed by atoms with Crippen LogP contribution >= 0.6 is 0 Å². The Hall–Kier alpha value is -6.01. The molecule has 0 atom stereocenters. The maximum atomic E-state index is 6.60. The minimum atomic E-state index is -0.00892. The number of nitrogens with zero attached hydrogens (tertiary/aromatic N) is 4. The molecule has 0 aliphatic heterocycles. The number of pyridine rings is 2. The number of fused-ring (bicyclic) bond motifs is 3. The number of aromatic nitrogens is 5. The van der Waals surface area contributed by atoms with Crippen molar-refractivity contribution in [3.63, 3.8) is 0 Å². The van der Waals surface area contributed by atoms with Gasteiger partial charge in [-0.05, 0) is 75.9 Å². The third-order valence-electron chi connectivity index (χ3n) is 10.1. The van der Waals surface area contributed by atoms with Crippen LogP contribution in [-0.4, -0.2) is 24.7 Å². The van der Waals surface area contributed by atoms with Crippen molar-refractivity contribution in [1.29, 1.82) is 0 Å². The number of benzene rings is 4. The molecule has 4 aromatic carbocycles. The van der Waals surface area contributed by atoms with Gasteiger partial charge in [-0.15, -0.1) is 0 Å². The van der Waals surface area contributed by atoms with Gasteiger partial charge < -0.3 is 4.74 Å². The molecular weight excluding hydrogens is 651 g/mol. The third kappa shape index (κ3) is 6.29.